The molecule has 5 rings (SSSR count). The van der Waals surface area contributed by atoms with Gasteiger partial charge in [0.25, 0.3) is 7.52 Å². The average molecular weight is 604 g/mol. The van der Waals surface area contributed by atoms with Gasteiger partial charge < -0.3 is 24.6 Å². The molecule has 2 aromatic heterocycles. The number of alkyl halides is 1. The second kappa shape index (κ2) is 12.2. The van der Waals surface area contributed by atoms with Crippen molar-refractivity contribution in [1.82, 2.24) is 24.6 Å². The predicted octanol–water partition coefficient (Wildman–Crippen LogP) is 4.57. The van der Waals surface area contributed by atoms with Crippen molar-refractivity contribution in [2.24, 2.45) is 5.92 Å². The number of fused-ring (bicyclic) bond motifs is 1. The molecule has 0 radical (unpaired) electrons. The first-order valence-corrected chi connectivity index (χ1v) is 16.1. The van der Waals surface area contributed by atoms with Gasteiger partial charge in [-0.15, -0.1) is 0 Å². The third-order valence-electron chi connectivity index (χ3n) is 7.36. The highest BCUT2D eigenvalue weighted by atomic mass is 31.2. The van der Waals surface area contributed by atoms with E-state index in [0.717, 1.165) is 25.9 Å². The molecule has 1 aromatic carbocycles. The van der Waals surface area contributed by atoms with Crippen molar-refractivity contribution >= 4 is 36.4 Å². The van der Waals surface area contributed by atoms with Gasteiger partial charge in [-0.25, -0.2) is 14.5 Å². The number of hydrogen-bond donors (Lipinski definition) is 2. The molecule has 0 aliphatic carbocycles. The number of nitrogens with two attached hydrogens (primary N) is 1. The molecule has 2 fully saturated rings. The smallest absolute Gasteiger partial charge is 0.323 e. The molecule has 3 N–H and O–H groups in total. The van der Waals surface area contributed by atoms with Crippen LogP contribution >= 0.6 is 7.52 Å². The van der Waals surface area contributed by atoms with E-state index in [0.29, 0.717) is 22.5 Å². The van der Waals surface area contributed by atoms with E-state index in [1.165, 1.54) is 6.92 Å². The summed E-state index contributed by atoms with van der Waals surface area (Å²) >= 11 is 0. The van der Waals surface area contributed by atoms with Gasteiger partial charge >= 0.3 is 5.97 Å². The predicted molar refractivity (Wildman–Crippen MR) is 156 cm³/mol. The number of anilines is 2. The largest absolute Gasteiger partial charge is 0.462 e. The van der Waals surface area contributed by atoms with Gasteiger partial charge in [0.2, 0.25) is 11.8 Å². The van der Waals surface area contributed by atoms with Crippen molar-refractivity contribution < 1.29 is 27.7 Å². The zero-order chi connectivity index (χ0) is 30.1. The maximum Gasteiger partial charge on any atom is 0.323 e. The van der Waals surface area contributed by atoms with Crippen LogP contribution in [0, 0.1) is 5.92 Å². The Hall–Kier alpha value is -3.12. The lowest BCUT2D eigenvalue weighted by Gasteiger charge is -2.27. The van der Waals surface area contributed by atoms with E-state index in [1.807, 2.05) is 13.0 Å². The fourth-order valence-corrected chi connectivity index (χ4v) is 7.52. The Morgan fingerprint density at radius 1 is 1.24 bits per heavy atom. The second-order valence-electron chi connectivity index (χ2n) is 11.4. The van der Waals surface area contributed by atoms with Gasteiger partial charge in [-0.2, -0.15) is 9.97 Å². The van der Waals surface area contributed by atoms with E-state index in [4.69, 9.17) is 19.7 Å². The summed E-state index contributed by atoms with van der Waals surface area (Å²) < 4.78 is 49.0. The molecule has 0 saturated carbocycles. The average Bonchev–Trinajstić information content (AvgIpc) is 3.67. The molecule has 42 heavy (non-hydrogen) atoms. The van der Waals surface area contributed by atoms with Crippen molar-refractivity contribution in [3.8, 4) is 0 Å². The van der Waals surface area contributed by atoms with E-state index in [9.17, 15) is 9.36 Å². The monoisotopic (exact) mass is 603 g/mol. The fraction of sp³-hybridized carbons (Fsp3) is 0.571. The van der Waals surface area contributed by atoms with Crippen molar-refractivity contribution in [3.05, 3.63) is 42.2 Å². The summed E-state index contributed by atoms with van der Waals surface area (Å²) in [5, 5.41) is 2.79. The summed E-state index contributed by atoms with van der Waals surface area (Å²) in [5.74, 6) is -2.38. The quantitative estimate of drug-likeness (QED) is 0.235. The lowest BCUT2D eigenvalue weighted by Crippen LogP contribution is -2.37. The molecule has 0 amide bonds. The van der Waals surface area contributed by atoms with E-state index in [1.54, 1.807) is 49.0 Å². The molecule has 3 aromatic rings. The van der Waals surface area contributed by atoms with Crippen LogP contribution in [0.2, 0.25) is 0 Å². The van der Waals surface area contributed by atoms with Crippen LogP contribution in [0.1, 0.15) is 58.7 Å². The Labute approximate surface area is 244 Å². The zero-order valence-electron chi connectivity index (χ0n) is 24.4. The Kier molecular flexibility index (Phi) is 8.84. The number of esters is 1. The van der Waals surface area contributed by atoms with Crippen molar-refractivity contribution in [1.29, 1.82) is 0 Å². The molecular formula is C28H39FN7O5P. The van der Waals surface area contributed by atoms with Crippen LogP contribution in [0.15, 0.2) is 36.7 Å². The summed E-state index contributed by atoms with van der Waals surface area (Å²) in [6.45, 7) is 7.94. The third-order valence-corrected chi connectivity index (χ3v) is 9.47. The first kappa shape index (κ1) is 30.3. The number of rotatable bonds is 11. The van der Waals surface area contributed by atoms with E-state index in [-0.39, 0.29) is 30.6 Å². The maximum absolute atomic E-state index is 16.3. The zero-order valence-corrected chi connectivity index (χ0v) is 25.3. The molecule has 14 heteroatoms. The first-order chi connectivity index (χ1) is 20.0. The van der Waals surface area contributed by atoms with Crippen LogP contribution in [-0.2, 0) is 29.5 Å². The molecule has 2 aliphatic rings. The Morgan fingerprint density at radius 2 is 1.95 bits per heavy atom. The molecule has 0 spiro atoms. The SMILES string of the molecule is CC(C)OC(=O)[C@H](C)N[P@](=O)(Cc1ccccc1)OC[C@]1(F)C[C@H](C)[C@H](n2cnc3c(N4CCCC4)nc(N)nc32)O1. The van der Waals surface area contributed by atoms with Crippen LogP contribution in [0.4, 0.5) is 16.2 Å². The Bertz CT molecular complexity index is 1450. The normalized spacial score (nSPS) is 24.8. The van der Waals surface area contributed by atoms with Crippen LogP contribution in [0.5, 0.6) is 0 Å². The molecule has 228 valence electrons. The van der Waals surface area contributed by atoms with Crippen molar-refractivity contribution in [2.45, 2.75) is 77.3 Å². The fourth-order valence-electron chi connectivity index (χ4n) is 5.47. The standard InChI is InChI=1S/C28H39FN7O5P/c1-18(2)40-26(37)20(4)34-42(38,15-21-10-6-5-7-11-21)39-16-28(29)14-19(3)25(41-28)36-17-31-22-23(35-12-8-9-13-35)32-27(30)33-24(22)36/h5-7,10-11,17-20,25H,8-9,12-16H2,1-4H3,(H,34,38)(H2,30,32,33)/t19-,20-,25+,28-,42-/m0/s1. The number of hydrogen-bond acceptors (Lipinski definition) is 10. The number of benzene rings is 1. The number of aromatic nitrogens is 4. The van der Waals surface area contributed by atoms with Gasteiger partial charge in [0, 0.05) is 25.4 Å². The van der Waals surface area contributed by atoms with Gasteiger partial charge in [0.1, 0.15) is 18.9 Å². The van der Waals surface area contributed by atoms with Crippen LogP contribution in [-0.4, -0.2) is 63.2 Å². The third kappa shape index (κ3) is 6.75. The molecular weight excluding hydrogens is 564 g/mol. The summed E-state index contributed by atoms with van der Waals surface area (Å²) in [6.07, 6.45) is 2.50. The Morgan fingerprint density at radius 3 is 2.64 bits per heavy atom. The number of nitrogens with zero attached hydrogens (tertiary/aromatic N) is 5. The highest BCUT2D eigenvalue weighted by Crippen LogP contribution is 2.50. The number of imidazole rings is 1. The Balaban J connectivity index is 1.34. The maximum atomic E-state index is 16.3. The van der Waals surface area contributed by atoms with Gasteiger partial charge in [-0.05, 0) is 39.2 Å². The van der Waals surface area contributed by atoms with Gasteiger partial charge in [0.05, 0.1) is 18.6 Å². The van der Waals surface area contributed by atoms with Crippen molar-refractivity contribution in [2.75, 3.05) is 30.3 Å². The molecule has 2 saturated heterocycles. The number of nitrogens with one attached hydrogen (secondary N) is 1. The lowest BCUT2D eigenvalue weighted by molar-refractivity contribution is -0.172. The molecule has 0 bridgehead atoms. The summed E-state index contributed by atoms with van der Waals surface area (Å²) in [5.41, 5.74) is 7.80. The van der Waals surface area contributed by atoms with Gasteiger partial charge in [0.15, 0.2) is 17.0 Å². The van der Waals surface area contributed by atoms with Crippen LogP contribution in [0.25, 0.3) is 11.2 Å². The summed E-state index contributed by atoms with van der Waals surface area (Å²) in [4.78, 5) is 28.0. The minimum Gasteiger partial charge on any atom is -0.462 e. The summed E-state index contributed by atoms with van der Waals surface area (Å²) in [7, 11) is -3.79. The molecule has 5 atom stereocenters. The molecule has 4 heterocycles. The second-order valence-corrected chi connectivity index (χ2v) is 13.6. The molecule has 0 unspecified atom stereocenters. The number of carbonyl (C=O) groups excluding carboxylic acids is 1. The highest BCUT2D eigenvalue weighted by Gasteiger charge is 2.48. The minimum atomic E-state index is -3.79. The minimum absolute atomic E-state index is 0.0207. The number of nitrogen functional groups attached to an aromatic ring is 1. The van der Waals surface area contributed by atoms with E-state index < -0.39 is 38.2 Å². The van der Waals surface area contributed by atoms with E-state index >= 15 is 4.39 Å². The summed E-state index contributed by atoms with van der Waals surface area (Å²) in [6, 6.07) is 8.08. The van der Waals surface area contributed by atoms with Gasteiger partial charge in [-0.1, -0.05) is 37.3 Å². The number of carbonyl (C=O) groups is 1. The lowest BCUT2D eigenvalue weighted by atomic mass is 10.1. The van der Waals surface area contributed by atoms with Gasteiger partial charge in [-0.3, -0.25) is 13.9 Å². The molecule has 2 aliphatic heterocycles. The number of halogens is 1. The van der Waals surface area contributed by atoms with E-state index in [2.05, 4.69) is 24.9 Å². The molecule has 12 nitrogen and oxygen atoms in total. The van der Waals surface area contributed by atoms with Crippen molar-refractivity contribution in [3.63, 3.8) is 0 Å². The highest BCUT2D eigenvalue weighted by molar-refractivity contribution is 7.56. The number of ether oxygens (including phenoxy) is 2. The topological polar surface area (TPSA) is 147 Å². The van der Waals surface area contributed by atoms with Crippen LogP contribution in [0.3, 0.4) is 0 Å². The first-order valence-electron chi connectivity index (χ1n) is 14.3. The van der Waals surface area contributed by atoms with Crippen LogP contribution < -0.4 is 15.7 Å².